The highest BCUT2D eigenvalue weighted by Crippen LogP contribution is 2.39. The molecule has 0 saturated carbocycles. The fourth-order valence-electron chi connectivity index (χ4n) is 4.01. The molecule has 1 aliphatic rings. The van der Waals surface area contributed by atoms with Gasteiger partial charge in [0.05, 0.1) is 5.92 Å². The van der Waals surface area contributed by atoms with Crippen molar-refractivity contribution in [2.75, 3.05) is 0 Å². The van der Waals surface area contributed by atoms with E-state index in [1.807, 2.05) is 0 Å². The summed E-state index contributed by atoms with van der Waals surface area (Å²) in [5, 5.41) is 4.88. The molecule has 0 unspecified atom stereocenters. The van der Waals surface area contributed by atoms with Gasteiger partial charge in [-0.15, -0.1) is 0 Å². The number of hydrogen-bond donors (Lipinski definition) is 0. The number of fused-ring (bicyclic) bond motifs is 4. The van der Waals surface area contributed by atoms with Crippen molar-refractivity contribution in [2.24, 2.45) is 0 Å². The van der Waals surface area contributed by atoms with Gasteiger partial charge in [0.15, 0.2) is 0 Å². The van der Waals surface area contributed by atoms with E-state index < -0.39 is 0 Å². The van der Waals surface area contributed by atoms with Crippen molar-refractivity contribution in [1.82, 2.24) is 0 Å². The molecule has 0 bridgehead atoms. The van der Waals surface area contributed by atoms with Crippen LogP contribution in [0.1, 0.15) is 28.2 Å². The molecular formula is C23H16O. The first-order valence-corrected chi connectivity index (χ1v) is 8.32. The Morgan fingerprint density at radius 1 is 0.667 bits per heavy atom. The van der Waals surface area contributed by atoms with Gasteiger partial charge in [0.1, 0.15) is 6.29 Å². The lowest BCUT2D eigenvalue weighted by atomic mass is 9.77. The van der Waals surface area contributed by atoms with E-state index in [1.54, 1.807) is 0 Å². The third kappa shape index (κ3) is 1.91. The Morgan fingerprint density at radius 3 is 1.50 bits per heavy atom. The van der Waals surface area contributed by atoms with Crippen LogP contribution in [0.15, 0.2) is 72.8 Å². The van der Waals surface area contributed by atoms with E-state index in [4.69, 9.17) is 0 Å². The Morgan fingerprint density at radius 2 is 1.08 bits per heavy atom. The van der Waals surface area contributed by atoms with Crippen molar-refractivity contribution in [1.29, 1.82) is 0 Å². The molecule has 0 heterocycles. The van der Waals surface area contributed by atoms with Crippen molar-refractivity contribution < 1.29 is 4.79 Å². The largest absolute Gasteiger partial charge is 0.302 e. The minimum Gasteiger partial charge on any atom is -0.302 e. The quantitative estimate of drug-likeness (QED) is 0.440. The van der Waals surface area contributed by atoms with Crippen LogP contribution < -0.4 is 0 Å². The van der Waals surface area contributed by atoms with Crippen LogP contribution in [0.5, 0.6) is 0 Å². The lowest BCUT2D eigenvalue weighted by Crippen LogP contribution is -2.15. The Kier molecular flexibility index (Phi) is 2.83. The number of benzene rings is 4. The van der Waals surface area contributed by atoms with Crippen molar-refractivity contribution in [3.63, 3.8) is 0 Å². The summed E-state index contributed by atoms with van der Waals surface area (Å²) in [5.41, 5.74) is 4.86. The molecule has 24 heavy (non-hydrogen) atoms. The fraction of sp³-hybridized carbons (Fsp3) is 0.0870. The third-order valence-corrected chi connectivity index (χ3v) is 5.20. The first kappa shape index (κ1) is 13.5. The first-order valence-electron chi connectivity index (χ1n) is 8.32. The standard InChI is InChI=1S/C23H16O/c24-14-23-21-12-17-7-3-1-5-15(17)9-19(21)11-20-10-16-6-2-4-8-18(16)13-22(20)23/h1-10,12-14,23H,11H2. The Balaban J connectivity index is 1.79. The van der Waals surface area contributed by atoms with Crippen molar-refractivity contribution >= 4 is 27.8 Å². The van der Waals surface area contributed by atoms with Crippen LogP contribution in [0.3, 0.4) is 0 Å². The second-order valence-electron chi connectivity index (χ2n) is 6.59. The molecular weight excluding hydrogens is 292 g/mol. The maximum atomic E-state index is 12.0. The summed E-state index contributed by atoms with van der Waals surface area (Å²) in [4.78, 5) is 12.0. The van der Waals surface area contributed by atoms with Gasteiger partial charge in [0.25, 0.3) is 0 Å². The monoisotopic (exact) mass is 308 g/mol. The summed E-state index contributed by atoms with van der Waals surface area (Å²) in [6.45, 7) is 0. The number of rotatable bonds is 1. The summed E-state index contributed by atoms with van der Waals surface area (Å²) in [7, 11) is 0. The van der Waals surface area contributed by atoms with E-state index >= 15 is 0 Å². The molecule has 0 fully saturated rings. The Hall–Kier alpha value is -2.93. The highest BCUT2D eigenvalue weighted by atomic mass is 16.1. The van der Waals surface area contributed by atoms with Crippen molar-refractivity contribution in [3.05, 3.63) is 95.1 Å². The molecule has 5 rings (SSSR count). The molecule has 0 atom stereocenters. The molecule has 4 aromatic rings. The lowest BCUT2D eigenvalue weighted by molar-refractivity contribution is -0.108. The minimum atomic E-state index is -0.169. The Bertz CT molecular complexity index is 1020. The summed E-state index contributed by atoms with van der Waals surface area (Å²) >= 11 is 0. The number of carbonyl (C=O) groups excluding carboxylic acids is 1. The predicted molar refractivity (Wildman–Crippen MR) is 98.6 cm³/mol. The zero-order valence-electron chi connectivity index (χ0n) is 13.2. The molecule has 4 aromatic carbocycles. The average molecular weight is 308 g/mol. The zero-order valence-corrected chi connectivity index (χ0v) is 13.2. The van der Waals surface area contributed by atoms with Crippen LogP contribution in [0, 0.1) is 0 Å². The molecule has 1 heteroatoms. The van der Waals surface area contributed by atoms with E-state index in [1.165, 1.54) is 32.7 Å². The van der Waals surface area contributed by atoms with E-state index in [0.717, 1.165) is 23.8 Å². The van der Waals surface area contributed by atoms with Gasteiger partial charge >= 0.3 is 0 Å². The maximum absolute atomic E-state index is 12.0. The van der Waals surface area contributed by atoms with E-state index in [0.29, 0.717) is 0 Å². The van der Waals surface area contributed by atoms with Gasteiger partial charge in [-0.2, -0.15) is 0 Å². The number of aldehydes is 1. The summed E-state index contributed by atoms with van der Waals surface area (Å²) in [6.07, 6.45) is 1.99. The van der Waals surface area contributed by atoms with Gasteiger partial charge < -0.3 is 4.79 Å². The maximum Gasteiger partial charge on any atom is 0.131 e. The average Bonchev–Trinajstić information content (AvgIpc) is 2.63. The number of hydrogen-bond acceptors (Lipinski definition) is 1. The summed E-state index contributed by atoms with van der Waals surface area (Å²) in [5.74, 6) is -0.169. The third-order valence-electron chi connectivity index (χ3n) is 5.20. The highest BCUT2D eigenvalue weighted by Gasteiger charge is 2.26. The fourth-order valence-corrected chi connectivity index (χ4v) is 4.01. The van der Waals surface area contributed by atoms with E-state index in [-0.39, 0.29) is 5.92 Å². The van der Waals surface area contributed by atoms with Crippen LogP contribution in [-0.2, 0) is 11.2 Å². The molecule has 0 N–H and O–H groups in total. The second kappa shape index (κ2) is 5.04. The molecule has 0 amide bonds. The van der Waals surface area contributed by atoms with Crippen molar-refractivity contribution in [3.8, 4) is 0 Å². The second-order valence-corrected chi connectivity index (χ2v) is 6.59. The van der Waals surface area contributed by atoms with Gasteiger partial charge in [-0.3, -0.25) is 0 Å². The molecule has 0 aliphatic heterocycles. The van der Waals surface area contributed by atoms with Gasteiger partial charge in [0.2, 0.25) is 0 Å². The normalized spacial score (nSPS) is 13.7. The van der Waals surface area contributed by atoms with Crippen LogP contribution in [0.2, 0.25) is 0 Å². The smallest absolute Gasteiger partial charge is 0.131 e. The van der Waals surface area contributed by atoms with E-state index in [2.05, 4.69) is 72.8 Å². The van der Waals surface area contributed by atoms with E-state index in [9.17, 15) is 4.79 Å². The highest BCUT2D eigenvalue weighted by molar-refractivity contribution is 5.90. The topological polar surface area (TPSA) is 17.1 Å². The summed E-state index contributed by atoms with van der Waals surface area (Å²) in [6, 6.07) is 25.6. The molecule has 1 aliphatic carbocycles. The van der Waals surface area contributed by atoms with Crippen LogP contribution >= 0.6 is 0 Å². The van der Waals surface area contributed by atoms with Crippen LogP contribution in [-0.4, -0.2) is 6.29 Å². The molecule has 0 radical (unpaired) electrons. The predicted octanol–water partition coefficient (Wildman–Crippen LogP) is 5.23. The molecule has 0 saturated heterocycles. The Labute approximate surface area is 140 Å². The molecule has 0 spiro atoms. The van der Waals surface area contributed by atoms with Gasteiger partial charge in [-0.1, -0.05) is 60.7 Å². The lowest BCUT2D eigenvalue weighted by Gasteiger charge is -2.26. The number of carbonyl (C=O) groups is 1. The SMILES string of the molecule is O=CC1c2cc3ccccc3cc2Cc2cc3ccccc3cc21. The van der Waals surface area contributed by atoms with Crippen molar-refractivity contribution in [2.45, 2.75) is 12.3 Å². The van der Waals surface area contributed by atoms with Crippen LogP contribution in [0.25, 0.3) is 21.5 Å². The molecule has 0 aromatic heterocycles. The molecule has 1 nitrogen and oxygen atoms in total. The molecule has 114 valence electrons. The minimum absolute atomic E-state index is 0.169. The van der Waals surface area contributed by atoms with Gasteiger partial charge in [-0.05, 0) is 62.4 Å². The van der Waals surface area contributed by atoms with Gasteiger partial charge in [-0.25, -0.2) is 0 Å². The van der Waals surface area contributed by atoms with Crippen LogP contribution in [0.4, 0.5) is 0 Å². The van der Waals surface area contributed by atoms with Gasteiger partial charge in [0, 0.05) is 0 Å². The summed E-state index contributed by atoms with van der Waals surface area (Å²) < 4.78 is 0. The zero-order chi connectivity index (χ0) is 16.1. The first-order chi connectivity index (χ1) is 11.8.